The maximum absolute atomic E-state index is 14.2. The molecule has 1 aliphatic carbocycles. The zero-order valence-electron chi connectivity index (χ0n) is 19.0. The van der Waals surface area contributed by atoms with Gasteiger partial charge in [-0.1, -0.05) is 19.3 Å². The summed E-state index contributed by atoms with van der Waals surface area (Å²) >= 11 is 7.67. The Kier molecular flexibility index (Phi) is 6.62. The molecule has 10 heteroatoms. The van der Waals surface area contributed by atoms with Gasteiger partial charge in [0.25, 0.3) is 5.91 Å². The lowest BCUT2D eigenvalue weighted by atomic mass is 9.75. The quantitative estimate of drug-likeness (QED) is 0.613. The Morgan fingerprint density at radius 1 is 1.26 bits per heavy atom. The monoisotopic (exact) mass is 512 g/mol. The smallest absolute Gasteiger partial charge is 0.259 e. The third-order valence-electron chi connectivity index (χ3n) is 7.26. The number of nitriles is 1. The lowest BCUT2D eigenvalue weighted by molar-refractivity contribution is -0.139. The van der Waals surface area contributed by atoms with Gasteiger partial charge in [0.05, 0.1) is 21.7 Å². The molecule has 2 amide bonds. The zero-order chi connectivity index (χ0) is 24.7. The SMILES string of the molecule is N#Cc1cncc(-c2cc([C@@H](C(=O)N3C[C@H](Cl)[C@H]4OCC(=O)[C@H]43)C3CCCCC3)c(C(N)=O)s2)c1. The van der Waals surface area contributed by atoms with Gasteiger partial charge >= 0.3 is 0 Å². The summed E-state index contributed by atoms with van der Waals surface area (Å²) in [6.45, 7) is 0.176. The highest BCUT2D eigenvalue weighted by molar-refractivity contribution is 7.17. The number of Topliss-reactive ketones (excluding diaryl/α,β-unsaturated/α-hetero) is 1. The Hall–Kier alpha value is -2.80. The number of aromatic nitrogens is 1. The van der Waals surface area contributed by atoms with E-state index in [1.54, 1.807) is 17.2 Å². The molecule has 0 unspecified atom stereocenters. The van der Waals surface area contributed by atoms with E-state index in [2.05, 4.69) is 11.1 Å². The minimum absolute atomic E-state index is 0.0191. The fourth-order valence-corrected chi connectivity index (χ4v) is 7.06. The van der Waals surface area contributed by atoms with Crippen molar-refractivity contribution in [2.45, 2.75) is 55.5 Å². The molecule has 2 aromatic rings. The van der Waals surface area contributed by atoms with E-state index in [1.807, 2.05) is 6.07 Å². The highest BCUT2D eigenvalue weighted by Gasteiger charge is 2.53. The Bertz CT molecular complexity index is 1220. The first kappa shape index (κ1) is 23.9. The van der Waals surface area contributed by atoms with Crippen molar-refractivity contribution in [1.29, 1.82) is 5.26 Å². The molecule has 35 heavy (non-hydrogen) atoms. The van der Waals surface area contributed by atoms with Gasteiger partial charge in [-0.3, -0.25) is 19.4 Å². The minimum Gasteiger partial charge on any atom is -0.366 e. The molecule has 8 nitrogen and oxygen atoms in total. The van der Waals surface area contributed by atoms with Crippen LogP contribution in [0.2, 0.25) is 0 Å². The summed E-state index contributed by atoms with van der Waals surface area (Å²) in [4.78, 5) is 46.0. The summed E-state index contributed by atoms with van der Waals surface area (Å²) in [5.41, 5.74) is 7.45. The van der Waals surface area contributed by atoms with E-state index in [0.717, 1.165) is 32.1 Å². The molecule has 3 fully saturated rings. The van der Waals surface area contributed by atoms with Crippen LogP contribution in [0.3, 0.4) is 0 Å². The summed E-state index contributed by atoms with van der Waals surface area (Å²) in [5.74, 6) is -1.56. The number of halogens is 1. The van der Waals surface area contributed by atoms with Crippen molar-refractivity contribution in [3.63, 3.8) is 0 Å². The molecule has 2 N–H and O–H groups in total. The van der Waals surface area contributed by atoms with Gasteiger partial charge in [0.15, 0.2) is 5.78 Å². The summed E-state index contributed by atoms with van der Waals surface area (Å²) < 4.78 is 5.58. The molecule has 1 saturated carbocycles. The minimum atomic E-state index is -0.692. The number of nitrogens with two attached hydrogens (primary N) is 1. The predicted molar refractivity (Wildman–Crippen MR) is 130 cm³/mol. The topological polar surface area (TPSA) is 126 Å². The first-order valence-electron chi connectivity index (χ1n) is 11.8. The van der Waals surface area contributed by atoms with Crippen molar-refractivity contribution in [3.8, 4) is 16.5 Å². The molecule has 0 spiro atoms. The van der Waals surface area contributed by atoms with Gasteiger partial charge in [0.1, 0.15) is 24.8 Å². The van der Waals surface area contributed by atoms with Crippen LogP contribution in [0.25, 0.3) is 10.4 Å². The van der Waals surface area contributed by atoms with E-state index in [9.17, 15) is 19.6 Å². The van der Waals surface area contributed by atoms with E-state index in [-0.39, 0.29) is 30.8 Å². The second kappa shape index (κ2) is 9.69. The van der Waals surface area contributed by atoms with Crippen molar-refractivity contribution in [2.24, 2.45) is 11.7 Å². The Morgan fingerprint density at radius 3 is 2.74 bits per heavy atom. The summed E-state index contributed by atoms with van der Waals surface area (Å²) in [5, 5.41) is 8.81. The molecular formula is C25H25ClN4O4S. The van der Waals surface area contributed by atoms with Gasteiger partial charge in [-0.25, -0.2) is 0 Å². The van der Waals surface area contributed by atoms with Gasteiger partial charge in [-0.15, -0.1) is 22.9 Å². The van der Waals surface area contributed by atoms with Crippen molar-refractivity contribution >= 4 is 40.5 Å². The molecule has 0 radical (unpaired) electrons. The number of fused-ring (bicyclic) bond motifs is 1. The summed E-state index contributed by atoms with van der Waals surface area (Å²) in [7, 11) is 0. The standard InChI is InChI=1S/C25H25ClN4O4S/c26-17-11-30(21-18(31)12-34-22(17)21)25(33)20(14-4-2-1-3-5-14)16-7-19(35-23(16)24(28)32)15-6-13(8-27)9-29-10-15/h6-7,9-10,14,17,20-22H,1-5,11-12H2,(H2,28,32)/t17-,20-,21+,22+/m0/s1. The molecular weight excluding hydrogens is 488 g/mol. The molecule has 0 bridgehead atoms. The molecule has 2 saturated heterocycles. The van der Waals surface area contributed by atoms with Crippen molar-refractivity contribution in [2.75, 3.05) is 13.2 Å². The largest absolute Gasteiger partial charge is 0.366 e. The molecule has 3 aliphatic rings. The molecule has 182 valence electrons. The van der Waals surface area contributed by atoms with E-state index in [4.69, 9.17) is 22.1 Å². The number of hydrogen-bond donors (Lipinski definition) is 1. The molecule has 4 heterocycles. The third-order valence-corrected chi connectivity index (χ3v) is 8.87. The maximum Gasteiger partial charge on any atom is 0.259 e. The van der Waals surface area contributed by atoms with Crippen LogP contribution in [0.1, 0.15) is 58.8 Å². The number of carbonyl (C=O) groups excluding carboxylic acids is 3. The molecule has 2 aliphatic heterocycles. The molecule has 0 aromatic carbocycles. The van der Waals surface area contributed by atoms with E-state index in [1.165, 1.54) is 17.5 Å². The maximum atomic E-state index is 14.2. The number of primary amides is 1. The number of carbonyl (C=O) groups is 3. The zero-order valence-corrected chi connectivity index (χ0v) is 20.6. The first-order chi connectivity index (χ1) is 16.9. The predicted octanol–water partition coefficient (Wildman–Crippen LogP) is 3.23. The van der Waals surface area contributed by atoms with Gasteiger partial charge in [-0.05, 0) is 36.5 Å². The number of amides is 2. The van der Waals surface area contributed by atoms with Crippen LogP contribution >= 0.6 is 22.9 Å². The van der Waals surface area contributed by atoms with E-state index >= 15 is 0 Å². The Labute approximate surface area is 212 Å². The average Bonchev–Trinajstić information content (AvgIpc) is 3.56. The highest BCUT2D eigenvalue weighted by Crippen LogP contribution is 2.44. The second-order valence-corrected chi connectivity index (χ2v) is 11.0. The number of pyridine rings is 1. The summed E-state index contributed by atoms with van der Waals surface area (Å²) in [6.07, 6.45) is 7.38. The number of alkyl halides is 1. The van der Waals surface area contributed by atoms with Gasteiger partial charge in [0, 0.05) is 29.4 Å². The fourth-order valence-electron chi connectivity index (χ4n) is 5.67. The van der Waals surface area contributed by atoms with E-state index < -0.39 is 29.3 Å². The first-order valence-corrected chi connectivity index (χ1v) is 13.0. The molecule has 2 aromatic heterocycles. The lowest BCUT2D eigenvalue weighted by Gasteiger charge is -2.34. The number of ketones is 1. The Balaban J connectivity index is 1.58. The second-order valence-electron chi connectivity index (χ2n) is 9.40. The fraction of sp³-hybridized carbons (Fsp3) is 0.480. The third kappa shape index (κ3) is 4.35. The van der Waals surface area contributed by atoms with E-state index in [0.29, 0.717) is 26.4 Å². The van der Waals surface area contributed by atoms with Crippen molar-refractivity contribution in [1.82, 2.24) is 9.88 Å². The van der Waals surface area contributed by atoms with Crippen LogP contribution in [0.5, 0.6) is 0 Å². The van der Waals surface area contributed by atoms with Crippen molar-refractivity contribution < 1.29 is 19.1 Å². The number of rotatable bonds is 5. The normalized spacial score (nSPS) is 25.3. The summed E-state index contributed by atoms with van der Waals surface area (Å²) in [6, 6.07) is 4.91. The highest BCUT2D eigenvalue weighted by atomic mass is 35.5. The number of ether oxygens (including phenoxy) is 1. The number of nitrogens with zero attached hydrogens (tertiary/aromatic N) is 3. The Morgan fingerprint density at radius 2 is 2.03 bits per heavy atom. The van der Waals surface area contributed by atoms with Crippen LogP contribution in [-0.4, -0.2) is 58.2 Å². The number of thiophene rings is 1. The number of likely N-dealkylation sites (tertiary alicyclic amines) is 1. The van der Waals surface area contributed by atoms with Gasteiger partial charge in [0.2, 0.25) is 5.91 Å². The molecule has 5 rings (SSSR count). The van der Waals surface area contributed by atoms with Crippen LogP contribution < -0.4 is 5.73 Å². The van der Waals surface area contributed by atoms with Crippen LogP contribution in [0, 0.1) is 17.2 Å². The number of hydrogen-bond acceptors (Lipinski definition) is 7. The van der Waals surface area contributed by atoms with Crippen molar-refractivity contribution in [3.05, 3.63) is 40.5 Å². The lowest BCUT2D eigenvalue weighted by Crippen LogP contribution is -2.46. The van der Waals surface area contributed by atoms with Crippen LogP contribution in [0.15, 0.2) is 24.5 Å². The van der Waals surface area contributed by atoms with Gasteiger partial charge in [-0.2, -0.15) is 5.26 Å². The van der Waals surface area contributed by atoms with Crippen LogP contribution in [0.4, 0.5) is 0 Å². The van der Waals surface area contributed by atoms with Gasteiger partial charge < -0.3 is 15.4 Å². The van der Waals surface area contributed by atoms with Crippen LogP contribution in [-0.2, 0) is 14.3 Å². The average molecular weight is 513 g/mol. The molecule has 4 atom stereocenters.